The highest BCUT2D eigenvalue weighted by Gasteiger charge is 2.46. The molecular formula is C16H18Cl2N2O2. The largest absolute Gasteiger partial charge is 0.339 e. The van der Waals surface area contributed by atoms with Gasteiger partial charge in [-0.1, -0.05) is 29.3 Å². The first kappa shape index (κ1) is 15.6. The van der Waals surface area contributed by atoms with E-state index in [1.165, 1.54) is 0 Å². The molecule has 2 aliphatic rings. The lowest BCUT2D eigenvalue weighted by Crippen LogP contribution is -2.50. The number of rotatable bonds is 2. The maximum absolute atomic E-state index is 12.6. The van der Waals surface area contributed by atoms with Crippen molar-refractivity contribution in [3.05, 3.63) is 33.8 Å². The molecule has 3 rings (SSSR count). The summed E-state index contributed by atoms with van der Waals surface area (Å²) in [5.74, 6) is 0.467. The van der Waals surface area contributed by atoms with Crippen molar-refractivity contribution in [2.45, 2.75) is 19.3 Å². The van der Waals surface area contributed by atoms with Crippen molar-refractivity contribution in [1.82, 2.24) is 9.80 Å². The summed E-state index contributed by atoms with van der Waals surface area (Å²) in [5.41, 5.74) is 1.01. The summed E-state index contributed by atoms with van der Waals surface area (Å²) in [6.07, 6.45) is 0.840. The van der Waals surface area contributed by atoms with E-state index in [2.05, 4.69) is 0 Å². The van der Waals surface area contributed by atoms with Gasteiger partial charge in [0.05, 0.1) is 0 Å². The third-order valence-corrected chi connectivity index (χ3v) is 5.07. The molecule has 1 saturated heterocycles. The normalized spacial score (nSPS) is 24.3. The molecule has 1 aromatic carbocycles. The molecular weight excluding hydrogens is 323 g/mol. The average molecular weight is 341 g/mol. The molecule has 2 atom stereocenters. The third-order valence-electron chi connectivity index (χ3n) is 4.51. The predicted molar refractivity (Wildman–Crippen MR) is 86.1 cm³/mol. The van der Waals surface area contributed by atoms with Crippen LogP contribution in [0.3, 0.4) is 0 Å². The van der Waals surface area contributed by atoms with E-state index in [1.807, 2.05) is 17.0 Å². The lowest BCUT2D eigenvalue weighted by atomic mass is 10.1. The van der Waals surface area contributed by atoms with Crippen molar-refractivity contribution in [1.29, 1.82) is 0 Å². The Kier molecular flexibility index (Phi) is 4.33. The second-order valence-electron chi connectivity index (χ2n) is 5.95. The highest BCUT2D eigenvalue weighted by atomic mass is 35.5. The van der Waals surface area contributed by atoms with Crippen LogP contribution in [0.15, 0.2) is 18.2 Å². The first-order valence-electron chi connectivity index (χ1n) is 7.46. The van der Waals surface area contributed by atoms with Gasteiger partial charge in [0.1, 0.15) is 0 Å². The van der Waals surface area contributed by atoms with Crippen LogP contribution in [0.25, 0.3) is 0 Å². The molecule has 0 N–H and O–H groups in total. The summed E-state index contributed by atoms with van der Waals surface area (Å²) < 4.78 is 0. The maximum Gasteiger partial charge on any atom is 0.226 e. The van der Waals surface area contributed by atoms with Gasteiger partial charge in [-0.15, -0.1) is 0 Å². The molecule has 0 bridgehead atoms. The maximum atomic E-state index is 12.6. The molecule has 4 nitrogen and oxygen atoms in total. The number of carbonyl (C=O) groups is 2. The summed E-state index contributed by atoms with van der Waals surface area (Å²) in [7, 11) is 0. The predicted octanol–water partition coefficient (Wildman–Crippen LogP) is 2.79. The van der Waals surface area contributed by atoms with Gasteiger partial charge in [-0.05, 0) is 30.0 Å². The first-order chi connectivity index (χ1) is 10.5. The van der Waals surface area contributed by atoms with Crippen molar-refractivity contribution in [3.63, 3.8) is 0 Å². The summed E-state index contributed by atoms with van der Waals surface area (Å²) >= 11 is 12.1. The van der Waals surface area contributed by atoms with E-state index in [1.54, 1.807) is 17.9 Å². The number of piperazine rings is 1. The summed E-state index contributed by atoms with van der Waals surface area (Å²) in [6.45, 7) is 4.06. The highest BCUT2D eigenvalue weighted by molar-refractivity contribution is 6.35. The van der Waals surface area contributed by atoms with Crippen molar-refractivity contribution in [3.8, 4) is 0 Å². The van der Waals surface area contributed by atoms with Crippen LogP contribution in [0.5, 0.6) is 0 Å². The number of nitrogens with zero attached hydrogens (tertiary/aromatic N) is 2. The lowest BCUT2D eigenvalue weighted by Gasteiger charge is -2.34. The Hall–Kier alpha value is -1.26. The van der Waals surface area contributed by atoms with Gasteiger partial charge in [-0.25, -0.2) is 0 Å². The minimum absolute atomic E-state index is 0.0163. The summed E-state index contributed by atoms with van der Waals surface area (Å²) in [4.78, 5) is 27.5. The number of hydrogen-bond acceptors (Lipinski definition) is 2. The molecule has 6 heteroatoms. The molecule has 1 aromatic rings. The van der Waals surface area contributed by atoms with Crippen LogP contribution in [-0.2, 0) is 9.59 Å². The Morgan fingerprint density at radius 1 is 1.09 bits per heavy atom. The zero-order chi connectivity index (χ0) is 15.9. The molecule has 118 valence electrons. The SMILES string of the molecule is CC(=O)N1CCN(C(=O)[C@H]2C[C@H]2c2ccc(Cl)cc2Cl)CC1. The fourth-order valence-corrected chi connectivity index (χ4v) is 3.64. The second kappa shape index (κ2) is 6.09. The van der Waals surface area contributed by atoms with Gasteiger partial charge in [0.2, 0.25) is 11.8 Å². The topological polar surface area (TPSA) is 40.6 Å². The number of hydrogen-bond donors (Lipinski definition) is 0. The van der Waals surface area contributed by atoms with Crippen LogP contribution < -0.4 is 0 Å². The highest BCUT2D eigenvalue weighted by Crippen LogP contribution is 2.50. The number of amides is 2. The summed E-state index contributed by atoms with van der Waals surface area (Å²) in [6, 6.07) is 5.45. The van der Waals surface area contributed by atoms with Crippen LogP contribution in [0.1, 0.15) is 24.8 Å². The van der Waals surface area contributed by atoms with E-state index in [9.17, 15) is 9.59 Å². The fourth-order valence-electron chi connectivity index (χ4n) is 3.09. The van der Waals surface area contributed by atoms with Crippen LogP contribution in [0, 0.1) is 5.92 Å². The molecule has 0 spiro atoms. The average Bonchev–Trinajstić information content (AvgIpc) is 3.27. The van der Waals surface area contributed by atoms with Crippen LogP contribution in [0.4, 0.5) is 0 Å². The van der Waals surface area contributed by atoms with Gasteiger partial charge in [-0.2, -0.15) is 0 Å². The van der Waals surface area contributed by atoms with Crippen molar-refractivity contribution in [2.24, 2.45) is 5.92 Å². The molecule has 22 heavy (non-hydrogen) atoms. The monoisotopic (exact) mass is 340 g/mol. The molecule has 0 unspecified atom stereocenters. The van der Waals surface area contributed by atoms with Crippen LogP contribution in [0.2, 0.25) is 10.0 Å². The van der Waals surface area contributed by atoms with Crippen molar-refractivity contribution >= 4 is 35.0 Å². The standard InChI is InChI=1S/C16H18Cl2N2O2/c1-10(21)19-4-6-20(7-5-19)16(22)14-9-13(14)12-3-2-11(17)8-15(12)18/h2-3,8,13-14H,4-7,9H2,1H3/t13-,14-/m0/s1. The Morgan fingerprint density at radius 2 is 1.73 bits per heavy atom. The van der Waals surface area contributed by atoms with Crippen LogP contribution >= 0.6 is 23.2 Å². The van der Waals surface area contributed by atoms with Gasteiger partial charge >= 0.3 is 0 Å². The number of halogens is 2. The van der Waals surface area contributed by atoms with E-state index in [0.717, 1.165) is 12.0 Å². The van der Waals surface area contributed by atoms with E-state index in [-0.39, 0.29) is 23.7 Å². The fraction of sp³-hybridized carbons (Fsp3) is 0.500. The minimum Gasteiger partial charge on any atom is -0.339 e. The van der Waals surface area contributed by atoms with Crippen molar-refractivity contribution < 1.29 is 9.59 Å². The van der Waals surface area contributed by atoms with E-state index in [4.69, 9.17) is 23.2 Å². The molecule has 0 aromatic heterocycles. The zero-order valence-electron chi connectivity index (χ0n) is 12.4. The quantitative estimate of drug-likeness (QED) is 0.830. The number of benzene rings is 1. The zero-order valence-corrected chi connectivity index (χ0v) is 13.9. The Labute approximate surface area is 140 Å². The Bertz CT molecular complexity index is 612. The van der Waals surface area contributed by atoms with E-state index in [0.29, 0.717) is 36.2 Å². The van der Waals surface area contributed by atoms with Gasteiger partial charge in [0.25, 0.3) is 0 Å². The van der Waals surface area contributed by atoms with Gasteiger partial charge in [0, 0.05) is 49.1 Å². The second-order valence-corrected chi connectivity index (χ2v) is 6.79. The smallest absolute Gasteiger partial charge is 0.226 e. The Morgan fingerprint density at radius 3 is 2.32 bits per heavy atom. The molecule has 1 aliphatic heterocycles. The molecule has 2 fully saturated rings. The molecule has 0 radical (unpaired) electrons. The third kappa shape index (κ3) is 3.08. The van der Waals surface area contributed by atoms with Gasteiger partial charge in [-0.3, -0.25) is 9.59 Å². The molecule has 1 heterocycles. The van der Waals surface area contributed by atoms with Gasteiger partial charge in [0.15, 0.2) is 0 Å². The molecule has 2 amide bonds. The van der Waals surface area contributed by atoms with Crippen molar-refractivity contribution in [2.75, 3.05) is 26.2 Å². The number of carbonyl (C=O) groups excluding carboxylic acids is 2. The van der Waals surface area contributed by atoms with Gasteiger partial charge < -0.3 is 9.80 Å². The minimum atomic E-state index is 0.0163. The lowest BCUT2D eigenvalue weighted by molar-refractivity contribution is -0.139. The summed E-state index contributed by atoms with van der Waals surface area (Å²) in [5, 5.41) is 1.24. The first-order valence-corrected chi connectivity index (χ1v) is 8.22. The van der Waals surface area contributed by atoms with E-state index >= 15 is 0 Å². The Balaban J connectivity index is 1.60. The van der Waals surface area contributed by atoms with E-state index < -0.39 is 0 Å². The van der Waals surface area contributed by atoms with Crippen LogP contribution in [-0.4, -0.2) is 47.8 Å². The molecule has 1 aliphatic carbocycles. The molecule has 1 saturated carbocycles.